The van der Waals surface area contributed by atoms with E-state index < -0.39 is 11.4 Å². The second-order valence-electron chi connectivity index (χ2n) is 7.66. The molecule has 0 saturated carbocycles. The molecule has 0 fully saturated rings. The molecule has 3 rings (SSSR count). The number of halogens is 1. The number of anilines is 2. The molecule has 0 radical (unpaired) electrons. The highest BCUT2D eigenvalue weighted by molar-refractivity contribution is 5.84. The number of aliphatic hydroxyl groups is 1. The van der Waals surface area contributed by atoms with Crippen LogP contribution in [0.3, 0.4) is 0 Å². The molecule has 4 N–H and O–H groups in total. The fraction of sp³-hybridized carbons (Fsp3) is 0.450. The molecule has 2 aromatic heterocycles. The summed E-state index contributed by atoms with van der Waals surface area (Å²) in [5.41, 5.74) is 0.825. The van der Waals surface area contributed by atoms with Gasteiger partial charge in [0.05, 0.1) is 11.9 Å². The molecule has 0 saturated heterocycles. The summed E-state index contributed by atoms with van der Waals surface area (Å²) in [5, 5.41) is 26.4. The Morgan fingerprint density at radius 3 is 2.69 bits per heavy atom. The van der Waals surface area contributed by atoms with Gasteiger partial charge >= 0.3 is 0 Å². The summed E-state index contributed by atoms with van der Waals surface area (Å²) < 4.78 is 15.4. The lowest BCUT2D eigenvalue weighted by atomic mass is 9.93. The van der Waals surface area contributed by atoms with E-state index in [1.807, 2.05) is 18.4 Å². The van der Waals surface area contributed by atoms with Gasteiger partial charge < -0.3 is 25.4 Å². The van der Waals surface area contributed by atoms with Crippen molar-refractivity contribution in [2.45, 2.75) is 46.4 Å². The zero-order valence-corrected chi connectivity index (χ0v) is 17.1. The SMILES string of the molecule is CCn1cnc2c(NCc3cc(F)ccc3O)nc(NCC(C)C(C)(C)O)nc21. The second-order valence-corrected chi connectivity index (χ2v) is 7.66. The lowest BCUT2D eigenvalue weighted by molar-refractivity contribution is 0.0303. The van der Waals surface area contributed by atoms with E-state index in [1.54, 1.807) is 20.2 Å². The number of hydrogen-bond donors (Lipinski definition) is 4. The number of hydrogen-bond acceptors (Lipinski definition) is 7. The number of nitrogens with zero attached hydrogens (tertiary/aromatic N) is 4. The molecule has 9 heteroatoms. The van der Waals surface area contributed by atoms with Crippen LogP contribution in [0.25, 0.3) is 11.2 Å². The Bertz CT molecular complexity index is 999. The molecule has 0 spiro atoms. The van der Waals surface area contributed by atoms with Gasteiger partial charge in [0, 0.05) is 31.1 Å². The molecule has 8 nitrogen and oxygen atoms in total. The van der Waals surface area contributed by atoms with Gasteiger partial charge in [-0.25, -0.2) is 9.37 Å². The lowest BCUT2D eigenvalue weighted by Crippen LogP contribution is -2.33. The van der Waals surface area contributed by atoms with Crippen LogP contribution in [0, 0.1) is 11.7 Å². The van der Waals surface area contributed by atoms with Crippen LogP contribution in [0.15, 0.2) is 24.5 Å². The molecule has 0 amide bonds. The van der Waals surface area contributed by atoms with E-state index in [9.17, 15) is 14.6 Å². The zero-order valence-electron chi connectivity index (χ0n) is 17.1. The molecule has 3 aromatic rings. The number of aromatic nitrogens is 4. The highest BCUT2D eigenvalue weighted by atomic mass is 19.1. The summed E-state index contributed by atoms with van der Waals surface area (Å²) in [6.45, 7) is 8.80. The van der Waals surface area contributed by atoms with Crippen molar-refractivity contribution in [3.05, 3.63) is 35.9 Å². The summed E-state index contributed by atoms with van der Waals surface area (Å²) in [6, 6.07) is 3.80. The minimum absolute atomic E-state index is 0.000591. The number of imidazole rings is 1. The maximum Gasteiger partial charge on any atom is 0.226 e. The molecular weight excluding hydrogens is 375 g/mol. The van der Waals surface area contributed by atoms with Crippen LogP contribution in [0.1, 0.15) is 33.3 Å². The first-order chi connectivity index (χ1) is 13.7. The quantitative estimate of drug-likeness (QED) is 0.458. The molecule has 0 aliphatic rings. The zero-order chi connectivity index (χ0) is 21.2. The first kappa shape index (κ1) is 20.8. The fourth-order valence-corrected chi connectivity index (χ4v) is 2.75. The largest absolute Gasteiger partial charge is 0.508 e. The molecule has 2 heterocycles. The van der Waals surface area contributed by atoms with Crippen LogP contribution in [0.5, 0.6) is 5.75 Å². The first-order valence-electron chi connectivity index (χ1n) is 9.59. The van der Waals surface area contributed by atoms with E-state index in [0.717, 1.165) is 0 Å². The Kier molecular flexibility index (Phi) is 5.88. The average Bonchev–Trinajstić information content (AvgIpc) is 3.09. The predicted octanol–water partition coefficient (Wildman–Crippen LogP) is 3.12. The molecule has 29 heavy (non-hydrogen) atoms. The van der Waals surface area contributed by atoms with Crippen LogP contribution in [-0.4, -0.2) is 41.9 Å². The van der Waals surface area contributed by atoms with Crippen LogP contribution in [0.2, 0.25) is 0 Å². The van der Waals surface area contributed by atoms with Crippen molar-refractivity contribution in [2.24, 2.45) is 5.92 Å². The summed E-state index contributed by atoms with van der Waals surface area (Å²) in [6.07, 6.45) is 1.69. The third-order valence-electron chi connectivity index (χ3n) is 5.06. The van der Waals surface area contributed by atoms with Gasteiger partial charge in [-0.05, 0) is 39.0 Å². The third-order valence-corrected chi connectivity index (χ3v) is 5.06. The van der Waals surface area contributed by atoms with Crippen LogP contribution in [-0.2, 0) is 13.1 Å². The summed E-state index contributed by atoms with van der Waals surface area (Å²) >= 11 is 0. The summed E-state index contributed by atoms with van der Waals surface area (Å²) in [5.74, 6) is 0.420. The van der Waals surface area contributed by atoms with Crippen molar-refractivity contribution in [3.63, 3.8) is 0 Å². The smallest absolute Gasteiger partial charge is 0.226 e. The van der Waals surface area contributed by atoms with E-state index >= 15 is 0 Å². The van der Waals surface area contributed by atoms with Crippen molar-refractivity contribution >= 4 is 22.9 Å². The Morgan fingerprint density at radius 2 is 2.00 bits per heavy atom. The first-order valence-corrected chi connectivity index (χ1v) is 9.59. The molecule has 0 aliphatic heterocycles. The minimum atomic E-state index is -0.835. The van der Waals surface area contributed by atoms with E-state index in [-0.39, 0.29) is 18.2 Å². The summed E-state index contributed by atoms with van der Waals surface area (Å²) in [7, 11) is 0. The Balaban J connectivity index is 1.88. The van der Waals surface area contributed by atoms with Gasteiger partial charge in [0.1, 0.15) is 11.6 Å². The highest BCUT2D eigenvalue weighted by Gasteiger charge is 2.22. The molecule has 1 unspecified atom stereocenters. The second kappa shape index (κ2) is 8.20. The lowest BCUT2D eigenvalue weighted by Gasteiger charge is -2.26. The van der Waals surface area contributed by atoms with Crippen molar-refractivity contribution in [1.29, 1.82) is 0 Å². The minimum Gasteiger partial charge on any atom is -0.508 e. The maximum absolute atomic E-state index is 13.5. The van der Waals surface area contributed by atoms with Crippen molar-refractivity contribution in [2.75, 3.05) is 17.2 Å². The Labute approximate surface area is 168 Å². The van der Waals surface area contributed by atoms with Crippen LogP contribution < -0.4 is 10.6 Å². The fourth-order valence-electron chi connectivity index (χ4n) is 2.75. The van der Waals surface area contributed by atoms with E-state index in [2.05, 4.69) is 25.6 Å². The van der Waals surface area contributed by atoms with Gasteiger partial charge in [-0.2, -0.15) is 9.97 Å². The van der Waals surface area contributed by atoms with Gasteiger partial charge in [-0.15, -0.1) is 0 Å². The topological polar surface area (TPSA) is 108 Å². The molecule has 0 aliphatic carbocycles. The van der Waals surface area contributed by atoms with Gasteiger partial charge in [0.15, 0.2) is 17.0 Å². The Hall–Kier alpha value is -2.94. The number of benzene rings is 1. The van der Waals surface area contributed by atoms with Crippen molar-refractivity contribution < 1.29 is 14.6 Å². The van der Waals surface area contributed by atoms with Crippen LogP contribution >= 0.6 is 0 Å². The van der Waals surface area contributed by atoms with Gasteiger partial charge in [0.2, 0.25) is 5.95 Å². The van der Waals surface area contributed by atoms with E-state index in [4.69, 9.17) is 0 Å². The number of phenols is 1. The van der Waals surface area contributed by atoms with E-state index in [0.29, 0.717) is 41.6 Å². The van der Waals surface area contributed by atoms with Crippen molar-refractivity contribution in [3.8, 4) is 5.75 Å². The van der Waals surface area contributed by atoms with Gasteiger partial charge in [-0.1, -0.05) is 6.92 Å². The highest BCUT2D eigenvalue weighted by Crippen LogP contribution is 2.24. The molecular formula is C20H27FN6O2. The number of nitrogens with one attached hydrogen (secondary N) is 2. The molecule has 0 bridgehead atoms. The van der Waals surface area contributed by atoms with Crippen molar-refractivity contribution in [1.82, 2.24) is 19.5 Å². The number of rotatable bonds is 8. The van der Waals surface area contributed by atoms with Gasteiger partial charge in [-0.3, -0.25) is 0 Å². The maximum atomic E-state index is 13.5. The molecule has 156 valence electrons. The number of aromatic hydroxyl groups is 1. The standard InChI is InChI=1S/C20H27FN6O2/c1-5-27-11-24-16-17(22-10-13-8-14(21)6-7-15(13)28)25-19(26-18(16)27)23-9-12(2)20(3,4)29/h6-8,11-12,28-29H,5,9-10H2,1-4H3,(H2,22,23,25,26). The summed E-state index contributed by atoms with van der Waals surface area (Å²) in [4.78, 5) is 13.4. The number of aryl methyl sites for hydroxylation is 1. The normalized spacial score (nSPS) is 12.9. The van der Waals surface area contributed by atoms with Gasteiger partial charge in [0.25, 0.3) is 0 Å². The third kappa shape index (κ3) is 4.73. The average molecular weight is 402 g/mol. The number of fused-ring (bicyclic) bond motifs is 1. The Morgan fingerprint density at radius 1 is 1.24 bits per heavy atom. The molecule has 1 aromatic carbocycles. The van der Waals surface area contributed by atoms with Crippen LogP contribution in [0.4, 0.5) is 16.2 Å². The predicted molar refractivity (Wildman–Crippen MR) is 110 cm³/mol. The monoisotopic (exact) mass is 402 g/mol. The number of phenolic OH excluding ortho intramolecular Hbond substituents is 1. The van der Waals surface area contributed by atoms with E-state index in [1.165, 1.54) is 18.2 Å². The molecule has 1 atom stereocenters.